The number of nitrogens with zero attached hydrogens (tertiary/aromatic N) is 3. The number of aryl methyl sites for hydroxylation is 1. The molecule has 0 bridgehead atoms. The van der Waals surface area contributed by atoms with Crippen LogP contribution in [0.25, 0.3) is 21.9 Å². The number of phenolic OH excluding ortho intramolecular Hbond substituents is 1. The number of aromatic hydroxyl groups is 1. The maximum atomic E-state index is 10.2. The molecule has 0 aliphatic rings. The smallest absolute Gasteiger partial charge is 0.391 e. The molecule has 4 rings (SSSR count). The molecule has 0 amide bonds. The van der Waals surface area contributed by atoms with Crippen molar-refractivity contribution >= 4 is 36.4 Å². The normalized spacial score (nSPS) is 11.6. The zero-order chi connectivity index (χ0) is 21.3. The lowest BCUT2D eigenvalue weighted by molar-refractivity contribution is 0.358. The molecule has 30 heavy (non-hydrogen) atoms. The van der Waals surface area contributed by atoms with E-state index in [0.717, 1.165) is 41.5 Å². The summed E-state index contributed by atoms with van der Waals surface area (Å²) in [4.78, 5) is 28.0. The van der Waals surface area contributed by atoms with Gasteiger partial charge in [-0.2, -0.15) is 0 Å². The topological polar surface area (TPSA) is 127 Å². The van der Waals surface area contributed by atoms with Gasteiger partial charge in [0.15, 0.2) is 17.3 Å². The van der Waals surface area contributed by atoms with Gasteiger partial charge in [-0.05, 0) is 18.6 Å². The molecule has 2 heterocycles. The van der Waals surface area contributed by atoms with Crippen LogP contribution in [0, 0.1) is 0 Å². The minimum atomic E-state index is -2.67. The number of rotatable bonds is 7. The Kier molecular flexibility index (Phi) is 5.72. The van der Waals surface area contributed by atoms with Gasteiger partial charge in [-0.1, -0.05) is 43.7 Å². The molecule has 0 saturated heterocycles. The number of benzene rings is 2. The van der Waals surface area contributed by atoms with Crippen molar-refractivity contribution in [3.63, 3.8) is 0 Å². The van der Waals surface area contributed by atoms with Crippen molar-refractivity contribution in [1.29, 1.82) is 0 Å². The first-order valence-corrected chi connectivity index (χ1v) is 10.9. The fourth-order valence-electron chi connectivity index (χ4n) is 3.65. The summed E-state index contributed by atoms with van der Waals surface area (Å²) in [6.07, 6.45) is 2.72. The summed E-state index contributed by atoms with van der Waals surface area (Å²) in [5, 5.41) is 11.1. The summed E-state index contributed by atoms with van der Waals surface area (Å²) in [7, 11) is -2.67. The van der Waals surface area contributed by atoms with E-state index < -0.39 is 8.60 Å². The van der Waals surface area contributed by atoms with Crippen LogP contribution in [0.2, 0.25) is 0 Å². The van der Waals surface area contributed by atoms with E-state index in [1.807, 2.05) is 28.8 Å². The van der Waals surface area contributed by atoms with Crippen LogP contribution < -0.4 is 10.3 Å². The number of nitrogen functional groups attached to an aromatic ring is 1. The van der Waals surface area contributed by atoms with Gasteiger partial charge >= 0.3 is 8.60 Å². The number of hydrogen-bond donors (Lipinski definition) is 4. The number of hydrogen-bond acceptors (Lipinski definition) is 7. The average molecular weight is 426 g/mol. The second-order valence-electron chi connectivity index (χ2n) is 7.04. The van der Waals surface area contributed by atoms with Crippen LogP contribution in [0.1, 0.15) is 31.2 Å². The lowest BCUT2D eigenvalue weighted by Crippen LogP contribution is -2.07. The van der Waals surface area contributed by atoms with Gasteiger partial charge in [0.1, 0.15) is 11.3 Å². The summed E-state index contributed by atoms with van der Waals surface area (Å²) < 4.78 is 7.17. The molecule has 0 fully saturated rings. The Bertz CT molecular complexity index is 1210. The third-order valence-electron chi connectivity index (χ3n) is 5.02. The highest BCUT2D eigenvalue weighted by molar-refractivity contribution is 7.39. The highest BCUT2D eigenvalue weighted by Gasteiger charge is 2.20. The van der Waals surface area contributed by atoms with Gasteiger partial charge in [0.05, 0.1) is 17.6 Å². The predicted octanol–water partition coefficient (Wildman–Crippen LogP) is 3.85. The first kappa shape index (κ1) is 20.3. The zero-order valence-electron chi connectivity index (χ0n) is 16.5. The third kappa shape index (κ3) is 3.77. The molecule has 5 N–H and O–H groups in total. The first-order chi connectivity index (χ1) is 14.5. The number of phenols is 1. The number of fused-ring (bicyclic) bond motifs is 3. The summed E-state index contributed by atoms with van der Waals surface area (Å²) >= 11 is 0. The highest BCUT2D eigenvalue weighted by Crippen LogP contribution is 2.39. The average Bonchev–Trinajstić information content (AvgIpc) is 3.08. The van der Waals surface area contributed by atoms with Crippen LogP contribution in [0.15, 0.2) is 42.5 Å². The quantitative estimate of drug-likeness (QED) is 0.331. The molecular formula is C21H23N4O4P. The van der Waals surface area contributed by atoms with Gasteiger partial charge in [0.25, 0.3) is 0 Å². The number of para-hydroxylation sites is 2. The zero-order valence-corrected chi connectivity index (χ0v) is 17.4. The lowest BCUT2D eigenvalue weighted by atomic mass is 10.1. The van der Waals surface area contributed by atoms with E-state index in [1.54, 1.807) is 12.1 Å². The first-order valence-electron chi connectivity index (χ1n) is 9.69. The summed E-state index contributed by atoms with van der Waals surface area (Å²) in [5.41, 5.74) is 9.09. The van der Waals surface area contributed by atoms with E-state index >= 15 is 0 Å². The molecule has 0 saturated carbocycles. The summed E-state index contributed by atoms with van der Waals surface area (Å²) in [6.45, 7) is 2.43. The monoisotopic (exact) mass is 426 g/mol. The number of aromatic nitrogens is 3. The van der Waals surface area contributed by atoms with E-state index in [4.69, 9.17) is 15.2 Å². The van der Waals surface area contributed by atoms with Crippen molar-refractivity contribution in [2.24, 2.45) is 0 Å². The second-order valence-corrected chi connectivity index (χ2v) is 7.73. The molecule has 4 aromatic rings. The standard InChI is InChI=1S/C21H23N4O4P/c1-2-3-11-17-24-18-19(14-8-4-5-9-15(14)23-21(18)22)25(17)12-13-7-6-10-16(26)20(13)29-30(27)28/h4-10,26-28H,2-3,11-12H2,1H3,(H2,22,23). The van der Waals surface area contributed by atoms with Crippen molar-refractivity contribution < 1.29 is 19.4 Å². The Morgan fingerprint density at radius 2 is 1.90 bits per heavy atom. The maximum absolute atomic E-state index is 10.2. The van der Waals surface area contributed by atoms with E-state index in [1.165, 1.54) is 6.07 Å². The predicted molar refractivity (Wildman–Crippen MR) is 117 cm³/mol. The second kappa shape index (κ2) is 8.44. The molecule has 2 aromatic carbocycles. The van der Waals surface area contributed by atoms with Gasteiger partial charge in [0.2, 0.25) is 0 Å². The van der Waals surface area contributed by atoms with Gasteiger partial charge in [-0.3, -0.25) is 0 Å². The van der Waals surface area contributed by atoms with Crippen LogP contribution in [-0.2, 0) is 13.0 Å². The van der Waals surface area contributed by atoms with Crippen LogP contribution in [-0.4, -0.2) is 29.4 Å². The van der Waals surface area contributed by atoms with Crippen LogP contribution in [0.5, 0.6) is 11.5 Å². The molecule has 0 aliphatic carbocycles. The SMILES string of the molecule is CCCCc1nc2c(N)nc3ccccc3c2n1Cc1cccc(O)c1OP(O)O. The van der Waals surface area contributed by atoms with E-state index in [2.05, 4.69) is 11.9 Å². The highest BCUT2D eigenvalue weighted by atomic mass is 31.2. The van der Waals surface area contributed by atoms with Gasteiger partial charge in [0, 0.05) is 17.4 Å². The summed E-state index contributed by atoms with van der Waals surface area (Å²) in [5.74, 6) is 1.10. The largest absolute Gasteiger partial charge is 0.504 e. The van der Waals surface area contributed by atoms with Crippen molar-refractivity contribution in [3.05, 3.63) is 53.9 Å². The molecule has 9 heteroatoms. The minimum absolute atomic E-state index is 0.0447. The molecule has 0 spiro atoms. The van der Waals surface area contributed by atoms with Gasteiger partial charge in [-0.15, -0.1) is 0 Å². The Balaban J connectivity index is 1.95. The molecule has 0 aliphatic heterocycles. The fraction of sp³-hybridized carbons (Fsp3) is 0.238. The molecule has 156 valence electrons. The fourth-order valence-corrected chi connectivity index (χ4v) is 4.03. The van der Waals surface area contributed by atoms with E-state index in [0.29, 0.717) is 23.4 Å². The number of nitrogens with two attached hydrogens (primary N) is 1. The lowest BCUT2D eigenvalue weighted by Gasteiger charge is -2.15. The Labute approximate surface area is 174 Å². The Morgan fingerprint density at radius 1 is 1.10 bits per heavy atom. The molecule has 8 nitrogen and oxygen atoms in total. The Morgan fingerprint density at radius 3 is 2.67 bits per heavy atom. The van der Waals surface area contributed by atoms with Crippen LogP contribution in [0.4, 0.5) is 5.82 Å². The van der Waals surface area contributed by atoms with E-state index in [9.17, 15) is 14.9 Å². The maximum Gasteiger partial charge on any atom is 0.391 e. The molecule has 0 atom stereocenters. The summed E-state index contributed by atoms with van der Waals surface area (Å²) in [6, 6.07) is 12.6. The minimum Gasteiger partial charge on any atom is -0.504 e. The molecule has 0 radical (unpaired) electrons. The molecular weight excluding hydrogens is 403 g/mol. The van der Waals surface area contributed by atoms with Crippen LogP contribution >= 0.6 is 8.60 Å². The number of pyridine rings is 1. The van der Waals surface area contributed by atoms with Crippen molar-refractivity contribution in [2.75, 3.05) is 5.73 Å². The third-order valence-corrected chi connectivity index (χ3v) is 5.37. The number of imidazole rings is 1. The van der Waals surface area contributed by atoms with Crippen molar-refractivity contribution in [1.82, 2.24) is 14.5 Å². The molecule has 0 unspecified atom stereocenters. The van der Waals surface area contributed by atoms with Crippen molar-refractivity contribution in [2.45, 2.75) is 32.7 Å². The van der Waals surface area contributed by atoms with Gasteiger partial charge in [-0.25, -0.2) is 9.97 Å². The Hall–Kier alpha value is -2.93. The van der Waals surface area contributed by atoms with Gasteiger partial charge < -0.3 is 29.7 Å². The number of anilines is 1. The number of unbranched alkanes of at least 4 members (excludes halogenated alkanes) is 1. The molecule has 2 aromatic heterocycles. The van der Waals surface area contributed by atoms with E-state index in [-0.39, 0.29) is 11.5 Å². The van der Waals surface area contributed by atoms with Crippen LogP contribution in [0.3, 0.4) is 0 Å². The van der Waals surface area contributed by atoms with Crippen molar-refractivity contribution in [3.8, 4) is 11.5 Å².